The van der Waals surface area contributed by atoms with Crippen LogP contribution >= 0.6 is 0 Å². The molecule has 1 aliphatic carbocycles. The Hall–Kier alpha value is -2.94. The van der Waals surface area contributed by atoms with Gasteiger partial charge in [0.15, 0.2) is 0 Å². The first kappa shape index (κ1) is 21.3. The van der Waals surface area contributed by atoms with E-state index in [1.807, 2.05) is 0 Å². The highest BCUT2D eigenvalue weighted by Crippen LogP contribution is 2.57. The average molecular weight is 430 g/mol. The standard InChI is InChI=1S/C23H21F3N2O3/c1-2-5-14-8-18(15-10-27-28(11-15)16(12-29)13-30)21-17-6-3-4-7-19(17)22(31,20(21)9-14)23(24,25)26/h2-11,16,29-31H,12-13H2,1H3/b5-2+. The van der Waals surface area contributed by atoms with Crippen molar-refractivity contribution in [1.82, 2.24) is 9.78 Å². The number of aromatic nitrogens is 2. The molecule has 1 heterocycles. The molecule has 1 aromatic heterocycles. The first-order valence-electron chi connectivity index (χ1n) is 9.72. The molecule has 1 atom stereocenters. The highest BCUT2D eigenvalue weighted by Gasteiger charge is 2.61. The smallest absolute Gasteiger partial charge is 0.394 e. The zero-order valence-electron chi connectivity index (χ0n) is 16.6. The van der Waals surface area contributed by atoms with Gasteiger partial charge in [-0.25, -0.2) is 0 Å². The molecule has 1 unspecified atom stereocenters. The predicted molar refractivity (Wildman–Crippen MR) is 110 cm³/mol. The van der Waals surface area contributed by atoms with Crippen molar-refractivity contribution in [1.29, 1.82) is 0 Å². The number of alkyl halides is 3. The van der Waals surface area contributed by atoms with Crippen molar-refractivity contribution in [2.75, 3.05) is 13.2 Å². The fourth-order valence-electron chi connectivity index (χ4n) is 4.13. The third-order valence-corrected chi connectivity index (χ3v) is 5.61. The molecular formula is C23H21F3N2O3. The fraction of sp³-hybridized carbons (Fsp3) is 0.261. The van der Waals surface area contributed by atoms with Gasteiger partial charge in [0, 0.05) is 22.9 Å². The van der Waals surface area contributed by atoms with E-state index >= 15 is 0 Å². The minimum absolute atomic E-state index is 0.215. The van der Waals surface area contributed by atoms with E-state index in [1.54, 1.807) is 43.5 Å². The number of aliphatic hydroxyl groups excluding tert-OH is 2. The second-order valence-electron chi connectivity index (χ2n) is 7.47. The number of allylic oxidation sites excluding steroid dienone is 1. The molecule has 5 nitrogen and oxygen atoms in total. The van der Waals surface area contributed by atoms with E-state index < -0.39 is 17.8 Å². The molecule has 31 heavy (non-hydrogen) atoms. The minimum Gasteiger partial charge on any atom is -0.394 e. The maximum atomic E-state index is 14.2. The van der Waals surface area contributed by atoms with E-state index in [0.717, 1.165) is 0 Å². The summed E-state index contributed by atoms with van der Waals surface area (Å²) in [5.41, 5.74) is -1.52. The molecule has 162 valence electrons. The Morgan fingerprint density at radius 2 is 1.81 bits per heavy atom. The normalized spacial score (nSPS) is 18.1. The monoisotopic (exact) mass is 430 g/mol. The van der Waals surface area contributed by atoms with Crippen molar-refractivity contribution >= 4 is 6.08 Å². The number of fused-ring (bicyclic) bond motifs is 3. The lowest BCUT2D eigenvalue weighted by atomic mass is 9.88. The van der Waals surface area contributed by atoms with Gasteiger partial charge >= 0.3 is 6.18 Å². The van der Waals surface area contributed by atoms with Crippen LogP contribution < -0.4 is 0 Å². The maximum Gasteiger partial charge on any atom is 0.425 e. The molecule has 0 fully saturated rings. The molecule has 2 aromatic carbocycles. The Labute approximate surface area is 176 Å². The Bertz CT molecular complexity index is 1150. The van der Waals surface area contributed by atoms with Gasteiger partial charge in [0.2, 0.25) is 5.60 Å². The van der Waals surface area contributed by atoms with Gasteiger partial charge in [-0.05, 0) is 41.3 Å². The highest BCUT2D eigenvalue weighted by molar-refractivity contribution is 5.93. The van der Waals surface area contributed by atoms with Crippen molar-refractivity contribution in [2.24, 2.45) is 0 Å². The van der Waals surface area contributed by atoms with Crippen LogP contribution in [0.2, 0.25) is 0 Å². The minimum atomic E-state index is -4.93. The van der Waals surface area contributed by atoms with Gasteiger partial charge in [-0.3, -0.25) is 4.68 Å². The maximum absolute atomic E-state index is 14.2. The van der Waals surface area contributed by atoms with Crippen molar-refractivity contribution in [2.45, 2.75) is 24.7 Å². The second kappa shape index (κ2) is 7.64. The quantitative estimate of drug-likeness (QED) is 0.574. The fourth-order valence-corrected chi connectivity index (χ4v) is 4.13. The lowest BCUT2D eigenvalue weighted by molar-refractivity contribution is -0.246. The molecule has 1 aliphatic rings. The molecule has 3 aromatic rings. The summed E-state index contributed by atoms with van der Waals surface area (Å²) >= 11 is 0. The van der Waals surface area contributed by atoms with Gasteiger partial charge in [0.1, 0.15) is 0 Å². The Morgan fingerprint density at radius 3 is 2.45 bits per heavy atom. The highest BCUT2D eigenvalue weighted by atomic mass is 19.4. The number of hydrogen-bond acceptors (Lipinski definition) is 4. The SMILES string of the molecule is C/C=C/c1cc(-c2cnn(C(CO)CO)c2)c2c(c1)C(O)(C(F)(F)F)c1ccccc1-2. The van der Waals surface area contributed by atoms with Crippen molar-refractivity contribution in [3.05, 3.63) is 71.6 Å². The van der Waals surface area contributed by atoms with Crippen LogP contribution in [0.5, 0.6) is 0 Å². The van der Waals surface area contributed by atoms with Crippen LogP contribution in [0, 0.1) is 0 Å². The number of hydrogen-bond donors (Lipinski definition) is 3. The van der Waals surface area contributed by atoms with Crippen LogP contribution in [0.15, 0.2) is 54.9 Å². The number of halogens is 3. The van der Waals surface area contributed by atoms with Crippen LogP contribution in [-0.2, 0) is 5.60 Å². The molecule has 0 saturated heterocycles. The largest absolute Gasteiger partial charge is 0.425 e. The Kier molecular flexibility index (Phi) is 5.25. The van der Waals surface area contributed by atoms with E-state index in [4.69, 9.17) is 0 Å². The van der Waals surface area contributed by atoms with Crippen LogP contribution in [0.1, 0.15) is 29.7 Å². The van der Waals surface area contributed by atoms with Crippen molar-refractivity contribution in [3.8, 4) is 22.3 Å². The lowest BCUT2D eigenvalue weighted by Gasteiger charge is -2.28. The van der Waals surface area contributed by atoms with Gasteiger partial charge in [-0.15, -0.1) is 0 Å². The molecule has 0 radical (unpaired) electrons. The molecule has 8 heteroatoms. The third kappa shape index (κ3) is 3.18. The second-order valence-corrected chi connectivity index (χ2v) is 7.47. The van der Waals surface area contributed by atoms with Gasteiger partial charge in [-0.2, -0.15) is 18.3 Å². The third-order valence-electron chi connectivity index (χ3n) is 5.61. The zero-order valence-corrected chi connectivity index (χ0v) is 16.6. The molecular weight excluding hydrogens is 409 g/mol. The van der Waals surface area contributed by atoms with E-state index in [2.05, 4.69) is 5.10 Å². The summed E-state index contributed by atoms with van der Waals surface area (Å²) in [6, 6.07) is 8.39. The molecule has 4 rings (SSSR count). The molecule has 3 N–H and O–H groups in total. The van der Waals surface area contributed by atoms with Gasteiger partial charge in [-0.1, -0.05) is 36.4 Å². The van der Waals surface area contributed by atoms with Crippen LogP contribution in [0.4, 0.5) is 13.2 Å². The van der Waals surface area contributed by atoms with Crippen LogP contribution in [0.25, 0.3) is 28.3 Å². The van der Waals surface area contributed by atoms with Crippen molar-refractivity contribution in [3.63, 3.8) is 0 Å². The van der Waals surface area contributed by atoms with E-state index in [0.29, 0.717) is 22.3 Å². The van der Waals surface area contributed by atoms with Crippen molar-refractivity contribution < 1.29 is 28.5 Å². The van der Waals surface area contributed by atoms with E-state index in [9.17, 15) is 28.5 Å². The van der Waals surface area contributed by atoms with E-state index in [1.165, 1.54) is 29.1 Å². The van der Waals surface area contributed by atoms with Gasteiger partial charge in [0.25, 0.3) is 0 Å². The van der Waals surface area contributed by atoms with Crippen LogP contribution in [-0.4, -0.2) is 44.5 Å². The zero-order chi connectivity index (χ0) is 22.4. The van der Waals surface area contributed by atoms with Crippen LogP contribution in [0.3, 0.4) is 0 Å². The Balaban J connectivity index is 2.04. The van der Waals surface area contributed by atoms with E-state index in [-0.39, 0.29) is 29.9 Å². The summed E-state index contributed by atoms with van der Waals surface area (Å²) in [6.45, 7) is 1.07. The first-order chi connectivity index (χ1) is 14.8. The summed E-state index contributed by atoms with van der Waals surface area (Å²) in [4.78, 5) is 0. The summed E-state index contributed by atoms with van der Waals surface area (Å²) < 4.78 is 44.0. The predicted octanol–water partition coefficient (Wildman–Crippen LogP) is 3.89. The molecule has 0 amide bonds. The molecule has 0 saturated carbocycles. The molecule has 0 spiro atoms. The number of benzene rings is 2. The number of rotatable bonds is 5. The number of aliphatic hydroxyl groups is 3. The summed E-state index contributed by atoms with van der Waals surface area (Å²) in [7, 11) is 0. The molecule has 0 aliphatic heterocycles. The van der Waals surface area contributed by atoms with Gasteiger partial charge in [0.05, 0.1) is 25.5 Å². The Morgan fingerprint density at radius 1 is 1.10 bits per heavy atom. The summed E-state index contributed by atoms with van der Waals surface area (Å²) in [5.74, 6) is 0. The first-order valence-corrected chi connectivity index (χ1v) is 9.72. The summed E-state index contributed by atoms with van der Waals surface area (Å²) in [6.07, 6.45) is 1.49. The number of nitrogens with zero attached hydrogens (tertiary/aromatic N) is 2. The summed E-state index contributed by atoms with van der Waals surface area (Å²) in [5, 5.41) is 34.1. The van der Waals surface area contributed by atoms with Gasteiger partial charge < -0.3 is 15.3 Å². The topological polar surface area (TPSA) is 78.5 Å². The average Bonchev–Trinajstić information content (AvgIpc) is 3.32. The molecule has 0 bridgehead atoms. The lowest BCUT2D eigenvalue weighted by Crippen LogP contribution is -2.41.